The van der Waals surface area contributed by atoms with Gasteiger partial charge in [-0.05, 0) is 75.0 Å². The maximum Gasteiger partial charge on any atom is 0.267 e. The number of piperidine rings is 2. The Bertz CT molecular complexity index is 1830. The summed E-state index contributed by atoms with van der Waals surface area (Å²) < 4.78 is 18.7. The molecule has 0 saturated carbocycles. The highest BCUT2D eigenvalue weighted by Crippen LogP contribution is 2.39. The van der Waals surface area contributed by atoms with Crippen LogP contribution >= 0.6 is 0 Å². The van der Waals surface area contributed by atoms with Crippen LogP contribution in [-0.2, 0) is 4.79 Å². The van der Waals surface area contributed by atoms with Gasteiger partial charge >= 0.3 is 0 Å². The van der Waals surface area contributed by atoms with Gasteiger partial charge in [0.05, 0.1) is 36.2 Å². The summed E-state index contributed by atoms with van der Waals surface area (Å²) in [7, 11) is 3.08. The molecule has 2 saturated heterocycles. The van der Waals surface area contributed by atoms with Crippen molar-refractivity contribution in [3.05, 3.63) is 52.9 Å². The first kappa shape index (κ1) is 25.8. The molecule has 2 aliphatic rings. The molecule has 2 fully saturated rings. The summed E-state index contributed by atoms with van der Waals surface area (Å²) in [5.41, 5.74) is 1.91. The van der Waals surface area contributed by atoms with Crippen molar-refractivity contribution in [2.45, 2.75) is 38.1 Å². The average molecular weight is 555 g/mol. The van der Waals surface area contributed by atoms with E-state index in [1.165, 1.54) is 45.9 Å². The van der Waals surface area contributed by atoms with Gasteiger partial charge in [0.2, 0.25) is 0 Å². The molecular weight excluding hydrogens is 520 g/mol. The number of hydrogen-bond donors (Lipinski definition) is 1. The normalized spacial score (nSPS) is 19.6. The van der Waals surface area contributed by atoms with Crippen LogP contribution in [0.5, 0.6) is 17.2 Å². The van der Waals surface area contributed by atoms with E-state index in [4.69, 9.17) is 14.2 Å². The number of fused-ring (bicyclic) bond motifs is 6. The second-order valence-corrected chi connectivity index (χ2v) is 11.2. The molecule has 2 atom stereocenters. The number of pyridine rings is 2. The molecule has 0 aliphatic carbocycles. The third-order valence-electron chi connectivity index (χ3n) is 9.03. The summed E-state index contributed by atoms with van der Waals surface area (Å²) in [5.74, 6) is 1.74. The van der Waals surface area contributed by atoms with E-state index >= 15 is 0 Å². The molecule has 0 bridgehead atoms. The van der Waals surface area contributed by atoms with Crippen molar-refractivity contribution in [3.8, 4) is 17.2 Å². The monoisotopic (exact) mass is 554 g/mol. The van der Waals surface area contributed by atoms with E-state index in [1.54, 1.807) is 23.8 Å². The van der Waals surface area contributed by atoms with E-state index < -0.39 is 0 Å². The lowest BCUT2D eigenvalue weighted by molar-refractivity contribution is -0.123. The molecule has 41 heavy (non-hydrogen) atoms. The smallest absolute Gasteiger partial charge is 0.267 e. The molecule has 0 radical (unpaired) electrons. The number of methoxy groups -OCH3 is 2. The van der Waals surface area contributed by atoms with E-state index in [1.807, 2.05) is 30.3 Å². The fourth-order valence-corrected chi connectivity index (χ4v) is 7.15. The molecular formula is C32H34N4O5. The summed E-state index contributed by atoms with van der Waals surface area (Å²) in [6.45, 7) is 2.97. The van der Waals surface area contributed by atoms with Crippen LogP contribution in [0.4, 0.5) is 0 Å². The minimum Gasteiger partial charge on any atom is -0.493 e. The predicted molar refractivity (Wildman–Crippen MR) is 159 cm³/mol. The molecule has 212 valence electrons. The Labute approximate surface area is 237 Å². The molecule has 2 aliphatic heterocycles. The van der Waals surface area contributed by atoms with E-state index in [0.717, 1.165) is 22.7 Å². The maximum atomic E-state index is 14.0. The highest BCUT2D eigenvalue weighted by Gasteiger charge is 2.33. The van der Waals surface area contributed by atoms with Crippen molar-refractivity contribution in [1.29, 1.82) is 0 Å². The number of rotatable bonds is 7. The van der Waals surface area contributed by atoms with Gasteiger partial charge in [-0.2, -0.15) is 0 Å². The van der Waals surface area contributed by atoms with Gasteiger partial charge in [-0.15, -0.1) is 0 Å². The number of ether oxygens (including phenoxy) is 3. The van der Waals surface area contributed by atoms with E-state index in [9.17, 15) is 9.59 Å². The Kier molecular flexibility index (Phi) is 6.54. The lowest BCUT2D eigenvalue weighted by atomic mass is 9.83. The van der Waals surface area contributed by atoms with E-state index in [0.29, 0.717) is 57.6 Å². The molecule has 5 heterocycles. The van der Waals surface area contributed by atoms with Gasteiger partial charge in [0.15, 0.2) is 18.1 Å². The standard InChI is InChI=1S/C32H34N4O5/c1-39-26-11-10-23-28(31(26)40-2)32(38)36-25-16-20(8-9-21(25)22-12-13-33-29(23)30(22)36)41-18-27(37)34-17-19-6-5-15-35-14-4-3-7-24(19)35/h8-13,16,19,24H,3-7,14-15,17-18H2,1-2H3,(H,34,37). The number of hydrogen-bond acceptors (Lipinski definition) is 7. The summed E-state index contributed by atoms with van der Waals surface area (Å²) in [5, 5.41) is 6.05. The zero-order valence-corrected chi connectivity index (χ0v) is 23.4. The quantitative estimate of drug-likeness (QED) is 0.299. The van der Waals surface area contributed by atoms with Crippen molar-refractivity contribution >= 4 is 44.0 Å². The van der Waals surface area contributed by atoms with Crippen LogP contribution in [0.15, 0.2) is 47.4 Å². The van der Waals surface area contributed by atoms with Gasteiger partial charge in [0.25, 0.3) is 11.5 Å². The number of carbonyl (C=O) groups is 1. The molecule has 0 spiro atoms. The van der Waals surface area contributed by atoms with Crippen LogP contribution in [-0.4, -0.2) is 66.7 Å². The molecule has 7 rings (SSSR count). The van der Waals surface area contributed by atoms with E-state index in [2.05, 4.69) is 15.2 Å². The number of nitrogens with one attached hydrogen (secondary N) is 1. The molecule has 2 unspecified atom stereocenters. The molecule has 9 heteroatoms. The highest BCUT2D eigenvalue weighted by molar-refractivity contribution is 6.19. The van der Waals surface area contributed by atoms with Crippen LogP contribution in [0.3, 0.4) is 0 Å². The lowest BCUT2D eigenvalue weighted by Crippen LogP contribution is -2.51. The summed E-state index contributed by atoms with van der Waals surface area (Å²) in [6, 6.07) is 11.8. The Morgan fingerprint density at radius 2 is 1.85 bits per heavy atom. The number of aromatic nitrogens is 2. The Morgan fingerprint density at radius 3 is 2.71 bits per heavy atom. The van der Waals surface area contributed by atoms with Crippen LogP contribution in [0.1, 0.15) is 32.1 Å². The van der Waals surface area contributed by atoms with Crippen LogP contribution < -0.4 is 25.1 Å². The van der Waals surface area contributed by atoms with Gasteiger partial charge in [0, 0.05) is 41.0 Å². The number of benzene rings is 2. The number of nitrogens with zero attached hydrogens (tertiary/aromatic N) is 3. The second-order valence-electron chi connectivity index (χ2n) is 11.2. The largest absolute Gasteiger partial charge is 0.493 e. The summed E-state index contributed by atoms with van der Waals surface area (Å²) >= 11 is 0. The Balaban J connectivity index is 1.19. The second kappa shape index (κ2) is 10.4. The van der Waals surface area contributed by atoms with Crippen LogP contribution in [0, 0.1) is 5.92 Å². The fourth-order valence-electron chi connectivity index (χ4n) is 7.15. The topological polar surface area (TPSA) is 94.4 Å². The lowest BCUT2D eigenvalue weighted by Gasteiger charge is -2.44. The predicted octanol–water partition coefficient (Wildman–Crippen LogP) is 4.37. The van der Waals surface area contributed by atoms with Gasteiger partial charge in [-0.25, -0.2) is 0 Å². The van der Waals surface area contributed by atoms with Crippen molar-refractivity contribution in [2.24, 2.45) is 5.92 Å². The first-order valence-electron chi connectivity index (χ1n) is 14.5. The minimum absolute atomic E-state index is 0.0819. The van der Waals surface area contributed by atoms with Crippen molar-refractivity contribution in [1.82, 2.24) is 19.6 Å². The zero-order valence-electron chi connectivity index (χ0n) is 23.4. The van der Waals surface area contributed by atoms with E-state index in [-0.39, 0.29) is 18.1 Å². The minimum atomic E-state index is -0.226. The average Bonchev–Trinajstić information content (AvgIpc) is 3.35. The molecule has 5 aromatic rings. The number of carbonyl (C=O) groups excluding carboxylic acids is 1. The van der Waals surface area contributed by atoms with Crippen molar-refractivity contribution < 1.29 is 19.0 Å². The third kappa shape index (κ3) is 4.22. The fraction of sp³-hybridized carbons (Fsp3) is 0.406. The van der Waals surface area contributed by atoms with Crippen molar-refractivity contribution in [2.75, 3.05) is 40.5 Å². The molecule has 1 N–H and O–H groups in total. The molecule has 9 nitrogen and oxygen atoms in total. The summed E-state index contributed by atoms with van der Waals surface area (Å²) in [4.78, 5) is 34.1. The van der Waals surface area contributed by atoms with Gasteiger partial charge in [-0.3, -0.25) is 19.0 Å². The highest BCUT2D eigenvalue weighted by atomic mass is 16.5. The Hall–Kier alpha value is -4.11. The molecule has 1 amide bonds. The van der Waals surface area contributed by atoms with Crippen LogP contribution in [0.2, 0.25) is 0 Å². The Morgan fingerprint density at radius 1 is 1.00 bits per heavy atom. The summed E-state index contributed by atoms with van der Waals surface area (Å²) in [6.07, 6.45) is 7.90. The van der Waals surface area contributed by atoms with Crippen molar-refractivity contribution in [3.63, 3.8) is 0 Å². The SMILES string of the molecule is COc1ccc2c(c1OC)c(=O)n1c3cc(OCC(=O)NCC4CCCN5CCCCC45)ccc3c3ccnc2c31. The number of amides is 1. The maximum absolute atomic E-state index is 14.0. The molecule has 3 aromatic heterocycles. The third-order valence-corrected chi connectivity index (χ3v) is 9.03. The molecule has 2 aromatic carbocycles. The van der Waals surface area contributed by atoms with Gasteiger partial charge in [0.1, 0.15) is 5.75 Å². The first-order chi connectivity index (χ1) is 20.1. The first-order valence-corrected chi connectivity index (χ1v) is 14.5. The zero-order chi connectivity index (χ0) is 28.1. The van der Waals surface area contributed by atoms with Crippen LogP contribution in [0.25, 0.3) is 38.1 Å². The van der Waals surface area contributed by atoms with Gasteiger partial charge in [-0.1, -0.05) is 6.42 Å². The van der Waals surface area contributed by atoms with Gasteiger partial charge < -0.3 is 24.4 Å².